The van der Waals surface area contributed by atoms with Crippen LogP contribution in [0, 0.1) is 18.3 Å². The molecule has 0 amide bonds. The normalized spacial score (nSPS) is 15.2. The molecule has 1 aliphatic rings. The molecule has 32 heavy (non-hydrogen) atoms. The monoisotopic (exact) mass is 426 g/mol. The summed E-state index contributed by atoms with van der Waals surface area (Å²) in [4.78, 5) is 4.59. The molecular weight excluding hydrogens is 400 g/mol. The summed E-state index contributed by atoms with van der Waals surface area (Å²) in [6.45, 7) is 4.13. The molecule has 6 heteroatoms. The third-order valence-electron chi connectivity index (χ3n) is 6.01. The van der Waals surface area contributed by atoms with Gasteiger partial charge in [0.05, 0.1) is 17.1 Å². The molecule has 0 saturated carbocycles. The number of hydrogen-bond donors (Lipinski definition) is 1. The molecule has 2 aromatic heterocycles. The minimum absolute atomic E-state index is 0.0369. The van der Waals surface area contributed by atoms with E-state index in [9.17, 15) is 5.26 Å². The zero-order valence-electron chi connectivity index (χ0n) is 18.4. The number of rotatable bonds is 6. The van der Waals surface area contributed by atoms with E-state index < -0.39 is 0 Å². The maximum atomic E-state index is 9.20. The maximum Gasteiger partial charge on any atom is 0.171 e. The van der Waals surface area contributed by atoms with Crippen molar-refractivity contribution in [3.63, 3.8) is 0 Å². The van der Waals surface area contributed by atoms with E-state index in [1.807, 2.05) is 43.3 Å². The van der Waals surface area contributed by atoms with Crippen molar-refractivity contribution in [2.75, 3.05) is 19.7 Å². The van der Waals surface area contributed by atoms with Gasteiger partial charge in [0.25, 0.3) is 0 Å². The van der Waals surface area contributed by atoms with Gasteiger partial charge in [0.1, 0.15) is 12.7 Å². The van der Waals surface area contributed by atoms with Gasteiger partial charge in [-0.05, 0) is 74.3 Å². The van der Waals surface area contributed by atoms with Gasteiger partial charge in [-0.2, -0.15) is 5.26 Å². The smallest absolute Gasteiger partial charge is 0.171 e. The Bertz CT molecular complexity index is 1340. The lowest BCUT2D eigenvalue weighted by Gasteiger charge is -2.27. The molecule has 0 saturated heterocycles. The highest BCUT2D eigenvalue weighted by atomic mass is 16.6. The molecule has 2 aromatic carbocycles. The third-order valence-corrected chi connectivity index (χ3v) is 6.01. The van der Waals surface area contributed by atoms with Crippen molar-refractivity contribution in [1.82, 2.24) is 14.9 Å². The average Bonchev–Trinajstić information content (AvgIpc) is 3.13. The van der Waals surface area contributed by atoms with Crippen LogP contribution in [0.25, 0.3) is 21.8 Å². The average molecular weight is 427 g/mol. The van der Waals surface area contributed by atoms with Gasteiger partial charge in [0.15, 0.2) is 11.5 Å². The molecule has 0 radical (unpaired) electrons. The van der Waals surface area contributed by atoms with Crippen molar-refractivity contribution in [2.45, 2.75) is 25.9 Å². The summed E-state index contributed by atoms with van der Waals surface area (Å²) in [6.07, 6.45) is 4.10. The molecule has 1 unspecified atom stereocenters. The minimum atomic E-state index is -0.0369. The van der Waals surface area contributed by atoms with Crippen molar-refractivity contribution >= 4 is 21.8 Å². The van der Waals surface area contributed by atoms with Crippen LogP contribution in [-0.2, 0) is 13.5 Å². The first-order chi connectivity index (χ1) is 15.6. The summed E-state index contributed by atoms with van der Waals surface area (Å²) in [6, 6.07) is 16.1. The molecule has 1 N–H and O–H groups in total. The minimum Gasteiger partial charge on any atom is -0.486 e. The first-order valence-corrected chi connectivity index (χ1v) is 11.0. The summed E-state index contributed by atoms with van der Waals surface area (Å²) in [7, 11) is 2.05. The van der Waals surface area contributed by atoms with E-state index in [0.29, 0.717) is 12.2 Å². The van der Waals surface area contributed by atoms with E-state index in [1.54, 1.807) is 0 Å². The van der Waals surface area contributed by atoms with E-state index in [0.717, 1.165) is 59.5 Å². The lowest BCUT2D eigenvalue weighted by Crippen LogP contribution is -2.38. The molecule has 0 fully saturated rings. The summed E-state index contributed by atoms with van der Waals surface area (Å²) >= 11 is 0. The van der Waals surface area contributed by atoms with Gasteiger partial charge >= 0.3 is 0 Å². The lowest BCUT2D eigenvalue weighted by atomic mass is 10.1. The predicted molar refractivity (Wildman–Crippen MR) is 125 cm³/mol. The number of nitrogens with zero attached hydrogens (tertiary/aromatic N) is 3. The van der Waals surface area contributed by atoms with Crippen LogP contribution in [0.15, 0.2) is 48.7 Å². The molecule has 3 heterocycles. The standard InChI is InChI=1S/C26H26N4O2/c1-17-5-7-21-23(29-17)8-10-25-26(21)32-20(16-31-25)14-28-11-3-4-19-15-30(2)24-9-6-18(13-27)12-22(19)24/h5-10,12,15,20,28H,3-4,11,14,16H2,1-2H3. The second-order valence-electron chi connectivity index (χ2n) is 8.38. The Morgan fingerprint density at radius 1 is 1.19 bits per heavy atom. The number of ether oxygens (including phenoxy) is 2. The molecular formula is C26H26N4O2. The summed E-state index contributed by atoms with van der Waals surface area (Å²) in [5.41, 5.74) is 5.06. The molecule has 0 spiro atoms. The summed E-state index contributed by atoms with van der Waals surface area (Å²) in [5, 5.41) is 14.9. The van der Waals surface area contributed by atoms with E-state index in [4.69, 9.17) is 9.47 Å². The number of hydrogen-bond acceptors (Lipinski definition) is 5. The first kappa shape index (κ1) is 20.3. The van der Waals surface area contributed by atoms with Crippen LogP contribution in [0.3, 0.4) is 0 Å². The van der Waals surface area contributed by atoms with E-state index >= 15 is 0 Å². The number of fused-ring (bicyclic) bond motifs is 4. The Morgan fingerprint density at radius 3 is 2.97 bits per heavy atom. The number of aromatic nitrogens is 2. The van der Waals surface area contributed by atoms with Crippen molar-refractivity contribution in [3.05, 3.63) is 65.5 Å². The van der Waals surface area contributed by atoms with Crippen LogP contribution in [0.5, 0.6) is 11.5 Å². The highest BCUT2D eigenvalue weighted by Gasteiger charge is 2.23. The lowest BCUT2D eigenvalue weighted by molar-refractivity contribution is 0.0925. The van der Waals surface area contributed by atoms with Crippen LogP contribution in [0.2, 0.25) is 0 Å². The van der Waals surface area contributed by atoms with E-state index in [2.05, 4.69) is 40.2 Å². The molecule has 1 atom stereocenters. The van der Waals surface area contributed by atoms with E-state index in [-0.39, 0.29) is 6.10 Å². The molecule has 0 aliphatic carbocycles. The topological polar surface area (TPSA) is 72.1 Å². The Kier molecular flexibility index (Phi) is 5.42. The second-order valence-corrected chi connectivity index (χ2v) is 8.38. The van der Waals surface area contributed by atoms with Crippen molar-refractivity contribution in [1.29, 1.82) is 5.26 Å². The third kappa shape index (κ3) is 3.88. The van der Waals surface area contributed by atoms with Crippen molar-refractivity contribution in [3.8, 4) is 17.6 Å². The second kappa shape index (κ2) is 8.52. The van der Waals surface area contributed by atoms with Gasteiger partial charge in [0.2, 0.25) is 0 Å². The molecule has 1 aliphatic heterocycles. The Labute approximate surface area is 187 Å². The molecule has 4 aromatic rings. The van der Waals surface area contributed by atoms with Crippen LogP contribution < -0.4 is 14.8 Å². The van der Waals surface area contributed by atoms with Crippen LogP contribution in [0.1, 0.15) is 23.2 Å². The zero-order chi connectivity index (χ0) is 22.1. The zero-order valence-corrected chi connectivity index (χ0v) is 18.4. The predicted octanol–water partition coefficient (Wildman–Crippen LogP) is 4.27. The number of aryl methyl sites for hydroxylation is 3. The molecule has 6 nitrogen and oxygen atoms in total. The van der Waals surface area contributed by atoms with Crippen molar-refractivity contribution in [2.24, 2.45) is 7.05 Å². The number of nitrogens with one attached hydrogen (secondary N) is 1. The van der Waals surface area contributed by atoms with Crippen LogP contribution in [0.4, 0.5) is 0 Å². The van der Waals surface area contributed by atoms with Crippen LogP contribution in [-0.4, -0.2) is 35.4 Å². The summed E-state index contributed by atoms with van der Waals surface area (Å²) < 4.78 is 14.4. The van der Waals surface area contributed by atoms with Gasteiger partial charge in [-0.15, -0.1) is 0 Å². The maximum absolute atomic E-state index is 9.20. The summed E-state index contributed by atoms with van der Waals surface area (Å²) in [5.74, 6) is 1.57. The number of nitriles is 1. The van der Waals surface area contributed by atoms with E-state index in [1.165, 1.54) is 10.9 Å². The van der Waals surface area contributed by atoms with Crippen molar-refractivity contribution < 1.29 is 9.47 Å². The van der Waals surface area contributed by atoms with Gasteiger partial charge in [-0.3, -0.25) is 4.98 Å². The fraction of sp³-hybridized carbons (Fsp3) is 0.308. The van der Waals surface area contributed by atoms with Gasteiger partial charge in [-0.1, -0.05) is 0 Å². The Hall–Kier alpha value is -3.56. The molecule has 5 rings (SSSR count). The molecule has 0 bridgehead atoms. The number of pyridine rings is 1. The van der Waals surface area contributed by atoms with Crippen LogP contribution >= 0.6 is 0 Å². The number of benzene rings is 2. The van der Waals surface area contributed by atoms with Gasteiger partial charge in [-0.25, -0.2) is 0 Å². The quantitative estimate of drug-likeness (QED) is 0.466. The van der Waals surface area contributed by atoms with Gasteiger partial charge in [0, 0.05) is 41.8 Å². The first-order valence-electron chi connectivity index (χ1n) is 11.0. The highest BCUT2D eigenvalue weighted by molar-refractivity contribution is 5.88. The fourth-order valence-corrected chi connectivity index (χ4v) is 4.39. The fourth-order valence-electron chi connectivity index (χ4n) is 4.39. The highest BCUT2D eigenvalue weighted by Crippen LogP contribution is 2.38. The Balaban J connectivity index is 1.17. The molecule has 162 valence electrons. The largest absolute Gasteiger partial charge is 0.486 e. The van der Waals surface area contributed by atoms with Gasteiger partial charge < -0.3 is 19.4 Å². The Morgan fingerprint density at radius 2 is 2.09 bits per heavy atom. The SMILES string of the molecule is Cc1ccc2c3c(ccc2n1)OCC(CNCCCc1cn(C)c2ccc(C#N)cc12)O3.